The maximum atomic E-state index is 4.48. The summed E-state index contributed by atoms with van der Waals surface area (Å²) in [5.41, 5.74) is 3.09. The van der Waals surface area contributed by atoms with Gasteiger partial charge in [0.15, 0.2) is 0 Å². The molecule has 3 aromatic rings. The zero-order chi connectivity index (χ0) is 11.3. The first kappa shape index (κ1) is 9.78. The Morgan fingerprint density at radius 3 is 2.88 bits per heavy atom. The van der Waals surface area contributed by atoms with Gasteiger partial charge in [-0.1, -0.05) is 15.9 Å². The summed E-state index contributed by atoms with van der Waals surface area (Å²) in [6.07, 6.45) is 1.83. The van der Waals surface area contributed by atoms with Crippen molar-refractivity contribution in [3.05, 3.63) is 34.7 Å². The van der Waals surface area contributed by atoms with Gasteiger partial charge >= 0.3 is 0 Å². The van der Waals surface area contributed by atoms with Gasteiger partial charge in [0.1, 0.15) is 11.3 Å². The summed E-state index contributed by atoms with van der Waals surface area (Å²) in [4.78, 5) is 8.89. The molecule has 0 fully saturated rings. The fourth-order valence-electron chi connectivity index (χ4n) is 1.99. The minimum Gasteiger partial charge on any atom is -0.331 e. The van der Waals surface area contributed by atoms with Crippen molar-refractivity contribution in [1.29, 1.82) is 0 Å². The summed E-state index contributed by atoms with van der Waals surface area (Å²) >= 11 is 3.49. The van der Waals surface area contributed by atoms with Crippen molar-refractivity contribution in [2.75, 3.05) is 0 Å². The predicted molar refractivity (Wildman–Crippen MR) is 68.5 cm³/mol. The van der Waals surface area contributed by atoms with Gasteiger partial charge < -0.3 is 4.57 Å². The summed E-state index contributed by atoms with van der Waals surface area (Å²) in [6, 6.07) is 6.11. The number of aromatic nitrogens is 3. The Balaban J connectivity index is 2.60. The molecule has 0 radical (unpaired) electrons. The number of rotatable bonds is 0. The number of nitrogens with zero attached hydrogens (tertiary/aromatic N) is 3. The molecule has 0 bridgehead atoms. The Kier molecular flexibility index (Phi) is 2.01. The third-order valence-electron chi connectivity index (χ3n) is 2.89. The van der Waals surface area contributed by atoms with Crippen LogP contribution in [0.25, 0.3) is 21.9 Å². The van der Waals surface area contributed by atoms with E-state index in [2.05, 4.69) is 36.5 Å². The number of hydrogen-bond donors (Lipinski definition) is 0. The normalized spacial score (nSPS) is 11.4. The van der Waals surface area contributed by atoms with Crippen molar-refractivity contribution >= 4 is 37.9 Å². The van der Waals surface area contributed by atoms with Crippen LogP contribution >= 0.6 is 15.9 Å². The lowest BCUT2D eigenvalue weighted by molar-refractivity contribution is 0.888. The second-order valence-electron chi connectivity index (χ2n) is 3.87. The van der Waals surface area contributed by atoms with E-state index < -0.39 is 0 Å². The number of halogens is 1. The summed E-state index contributed by atoms with van der Waals surface area (Å²) < 4.78 is 3.17. The molecule has 0 atom stereocenters. The molecular formula is C12H10BrN3. The molecule has 3 rings (SSSR count). The highest BCUT2D eigenvalue weighted by Crippen LogP contribution is 2.26. The van der Waals surface area contributed by atoms with Crippen LogP contribution in [0.15, 0.2) is 28.9 Å². The molecule has 2 aromatic heterocycles. The second-order valence-corrected chi connectivity index (χ2v) is 4.79. The van der Waals surface area contributed by atoms with Crippen molar-refractivity contribution in [2.24, 2.45) is 7.05 Å². The van der Waals surface area contributed by atoms with E-state index in [9.17, 15) is 0 Å². The van der Waals surface area contributed by atoms with E-state index in [4.69, 9.17) is 0 Å². The lowest BCUT2D eigenvalue weighted by atomic mass is 10.2. The molecule has 0 saturated heterocycles. The molecule has 0 aliphatic carbocycles. The minimum atomic E-state index is 0.950. The van der Waals surface area contributed by atoms with Crippen LogP contribution in [0.5, 0.6) is 0 Å². The summed E-state index contributed by atoms with van der Waals surface area (Å²) in [7, 11) is 2.03. The summed E-state index contributed by atoms with van der Waals surface area (Å²) in [5, 5.41) is 1.13. The highest BCUT2D eigenvalue weighted by Gasteiger charge is 2.09. The van der Waals surface area contributed by atoms with Gasteiger partial charge in [0.05, 0.1) is 17.2 Å². The van der Waals surface area contributed by atoms with E-state index in [1.165, 1.54) is 0 Å². The summed E-state index contributed by atoms with van der Waals surface area (Å²) in [6.45, 7) is 2.00. The second kappa shape index (κ2) is 3.28. The zero-order valence-corrected chi connectivity index (χ0v) is 10.6. The van der Waals surface area contributed by atoms with Crippen LogP contribution in [-0.2, 0) is 7.05 Å². The Morgan fingerprint density at radius 1 is 1.25 bits per heavy atom. The van der Waals surface area contributed by atoms with E-state index in [0.717, 1.165) is 32.2 Å². The van der Waals surface area contributed by atoms with E-state index >= 15 is 0 Å². The molecule has 0 spiro atoms. The van der Waals surface area contributed by atoms with Gasteiger partial charge in [0, 0.05) is 16.9 Å². The van der Waals surface area contributed by atoms with Crippen LogP contribution in [-0.4, -0.2) is 14.5 Å². The van der Waals surface area contributed by atoms with Gasteiger partial charge in [-0.15, -0.1) is 0 Å². The molecule has 1 aromatic carbocycles. The molecule has 0 aliphatic rings. The molecule has 0 amide bonds. The molecule has 80 valence electrons. The van der Waals surface area contributed by atoms with Crippen LogP contribution in [0.1, 0.15) is 5.82 Å². The van der Waals surface area contributed by atoms with Crippen molar-refractivity contribution < 1.29 is 0 Å². The van der Waals surface area contributed by atoms with Crippen LogP contribution in [0.2, 0.25) is 0 Å². The average Bonchev–Trinajstić information content (AvgIpc) is 2.55. The molecule has 2 heterocycles. The Morgan fingerprint density at radius 2 is 2.06 bits per heavy atom. The number of aryl methyl sites for hydroxylation is 2. The van der Waals surface area contributed by atoms with Gasteiger partial charge in [-0.25, -0.2) is 4.98 Å². The van der Waals surface area contributed by atoms with Crippen molar-refractivity contribution in [1.82, 2.24) is 14.5 Å². The Bertz CT molecular complexity index is 700. The molecule has 16 heavy (non-hydrogen) atoms. The Hall–Kier alpha value is -1.42. The number of hydrogen-bond acceptors (Lipinski definition) is 2. The molecular weight excluding hydrogens is 266 g/mol. The largest absolute Gasteiger partial charge is 0.331 e. The van der Waals surface area contributed by atoms with Gasteiger partial charge in [-0.2, -0.15) is 0 Å². The van der Waals surface area contributed by atoms with Crippen LogP contribution in [0.3, 0.4) is 0 Å². The highest BCUT2D eigenvalue weighted by molar-refractivity contribution is 9.10. The minimum absolute atomic E-state index is 0.950. The molecule has 0 aliphatic heterocycles. The van der Waals surface area contributed by atoms with Crippen LogP contribution in [0.4, 0.5) is 0 Å². The Labute approximate surface area is 101 Å². The van der Waals surface area contributed by atoms with E-state index in [1.54, 1.807) is 0 Å². The fourth-order valence-corrected chi connectivity index (χ4v) is 2.35. The molecule has 0 saturated carbocycles. The maximum absolute atomic E-state index is 4.48. The average molecular weight is 276 g/mol. The lowest BCUT2D eigenvalue weighted by Crippen LogP contribution is -1.91. The first-order valence-corrected chi connectivity index (χ1v) is 5.83. The molecule has 4 heteroatoms. The van der Waals surface area contributed by atoms with Crippen molar-refractivity contribution in [2.45, 2.75) is 6.92 Å². The number of pyridine rings is 1. The summed E-state index contributed by atoms with van der Waals surface area (Å²) in [5.74, 6) is 1.00. The third-order valence-corrected chi connectivity index (χ3v) is 3.38. The predicted octanol–water partition coefficient (Wildman–Crippen LogP) is 3.19. The third kappa shape index (κ3) is 1.26. The smallest absolute Gasteiger partial charge is 0.108 e. The first-order valence-electron chi connectivity index (χ1n) is 5.04. The zero-order valence-electron chi connectivity index (χ0n) is 9.03. The van der Waals surface area contributed by atoms with E-state index in [1.807, 2.05) is 32.3 Å². The van der Waals surface area contributed by atoms with E-state index in [-0.39, 0.29) is 0 Å². The molecule has 3 nitrogen and oxygen atoms in total. The molecule has 0 unspecified atom stereocenters. The molecule has 0 N–H and O–H groups in total. The number of fused-ring (bicyclic) bond motifs is 3. The first-order chi connectivity index (χ1) is 7.66. The van der Waals surface area contributed by atoms with Crippen molar-refractivity contribution in [3.63, 3.8) is 0 Å². The van der Waals surface area contributed by atoms with Crippen LogP contribution < -0.4 is 0 Å². The highest BCUT2D eigenvalue weighted by atomic mass is 79.9. The van der Waals surface area contributed by atoms with Gasteiger partial charge in [-0.3, -0.25) is 4.98 Å². The van der Waals surface area contributed by atoms with Gasteiger partial charge in [0.2, 0.25) is 0 Å². The van der Waals surface area contributed by atoms with E-state index in [0.29, 0.717) is 0 Å². The van der Waals surface area contributed by atoms with Gasteiger partial charge in [0.25, 0.3) is 0 Å². The lowest BCUT2D eigenvalue weighted by Gasteiger charge is -2.02. The fraction of sp³-hybridized carbons (Fsp3) is 0.167. The monoisotopic (exact) mass is 275 g/mol. The SMILES string of the molecule is Cc1nc2cnc3ccc(Br)cc3c2n1C. The topological polar surface area (TPSA) is 30.7 Å². The van der Waals surface area contributed by atoms with Gasteiger partial charge in [-0.05, 0) is 25.1 Å². The number of imidazole rings is 1. The maximum Gasteiger partial charge on any atom is 0.108 e. The number of benzene rings is 1. The van der Waals surface area contributed by atoms with Crippen LogP contribution in [0, 0.1) is 6.92 Å². The standard InChI is InChI=1S/C12H10BrN3/c1-7-15-11-6-14-10-4-3-8(13)5-9(10)12(11)16(7)2/h3-6H,1-2H3. The van der Waals surface area contributed by atoms with Crippen molar-refractivity contribution in [3.8, 4) is 0 Å². The quantitative estimate of drug-likeness (QED) is 0.631.